The van der Waals surface area contributed by atoms with Crippen LogP contribution < -0.4 is 0 Å². The van der Waals surface area contributed by atoms with Crippen molar-refractivity contribution in [2.75, 3.05) is 26.2 Å². The average molecular weight is 297 g/mol. The minimum atomic E-state index is -0.575. The molecule has 4 nitrogen and oxygen atoms in total. The predicted octanol–water partition coefficient (Wildman–Crippen LogP) is 1.81. The van der Waals surface area contributed by atoms with Crippen molar-refractivity contribution in [3.63, 3.8) is 0 Å². The summed E-state index contributed by atoms with van der Waals surface area (Å²) in [6.45, 7) is 6.63. The van der Waals surface area contributed by atoms with Crippen LogP contribution in [0.25, 0.3) is 0 Å². The molecule has 1 aromatic rings. The molecule has 0 aromatic heterocycles. The molecule has 0 amide bonds. The van der Waals surface area contributed by atoms with Gasteiger partial charge in [-0.25, -0.2) is 4.39 Å². The first-order chi connectivity index (χ1) is 10.0. The maximum absolute atomic E-state index is 13.4. The Kier molecular flexibility index (Phi) is 6.11. The molecule has 21 heavy (non-hydrogen) atoms. The molecule has 0 bridgehead atoms. The van der Waals surface area contributed by atoms with Gasteiger partial charge in [-0.1, -0.05) is 18.2 Å². The van der Waals surface area contributed by atoms with Gasteiger partial charge < -0.3 is 14.6 Å². The van der Waals surface area contributed by atoms with Crippen molar-refractivity contribution in [3.05, 3.63) is 35.6 Å². The molecule has 5 heteroatoms. The van der Waals surface area contributed by atoms with Gasteiger partial charge in [-0.15, -0.1) is 0 Å². The summed E-state index contributed by atoms with van der Waals surface area (Å²) in [5.74, 6) is -0.275. The molecule has 0 spiro atoms. The van der Waals surface area contributed by atoms with E-state index in [2.05, 4.69) is 4.90 Å². The van der Waals surface area contributed by atoms with Crippen LogP contribution in [-0.4, -0.2) is 54.6 Å². The number of hydrogen-bond donors (Lipinski definition) is 1. The number of morpholine rings is 1. The van der Waals surface area contributed by atoms with Gasteiger partial charge in [0.25, 0.3) is 0 Å². The van der Waals surface area contributed by atoms with Gasteiger partial charge in [0.1, 0.15) is 5.82 Å². The Morgan fingerprint density at radius 2 is 2.00 bits per heavy atom. The van der Waals surface area contributed by atoms with Gasteiger partial charge >= 0.3 is 0 Å². The standard InChI is InChI=1S/C16H24FNO3/c1-12-7-18(8-13(2)21-12)9-15(19)11-20-10-14-5-3-4-6-16(14)17/h3-6,12-13,15,19H,7-11H2,1-2H3/t12-,13+,15-/m0/s1. The van der Waals surface area contributed by atoms with E-state index in [9.17, 15) is 9.50 Å². The van der Waals surface area contributed by atoms with E-state index in [1.165, 1.54) is 6.07 Å². The summed E-state index contributed by atoms with van der Waals surface area (Å²) in [6, 6.07) is 6.52. The van der Waals surface area contributed by atoms with Crippen molar-refractivity contribution in [1.82, 2.24) is 4.90 Å². The lowest BCUT2D eigenvalue weighted by molar-refractivity contribution is -0.0826. The molecule has 2 rings (SSSR count). The number of halogens is 1. The fourth-order valence-corrected chi connectivity index (χ4v) is 2.70. The Labute approximate surface area is 125 Å². The van der Waals surface area contributed by atoms with Crippen LogP contribution >= 0.6 is 0 Å². The normalized spacial score (nSPS) is 25.0. The molecular weight excluding hydrogens is 273 g/mol. The van der Waals surface area contributed by atoms with E-state index in [1.54, 1.807) is 18.2 Å². The largest absolute Gasteiger partial charge is 0.389 e. The molecule has 1 saturated heterocycles. The monoisotopic (exact) mass is 297 g/mol. The number of aliphatic hydroxyl groups is 1. The Morgan fingerprint density at radius 1 is 1.33 bits per heavy atom. The highest BCUT2D eigenvalue weighted by molar-refractivity contribution is 5.16. The van der Waals surface area contributed by atoms with Gasteiger partial charge in [-0.05, 0) is 19.9 Å². The Balaban J connectivity index is 1.70. The van der Waals surface area contributed by atoms with Crippen molar-refractivity contribution >= 4 is 0 Å². The zero-order chi connectivity index (χ0) is 15.2. The smallest absolute Gasteiger partial charge is 0.128 e. The molecule has 1 aliphatic rings. The van der Waals surface area contributed by atoms with Gasteiger partial charge in [0, 0.05) is 25.2 Å². The number of rotatable bonds is 6. The van der Waals surface area contributed by atoms with Gasteiger partial charge in [0.05, 0.1) is 31.5 Å². The number of β-amino-alcohol motifs (C(OH)–C–C–N with tert-alkyl or cyclic N) is 1. The van der Waals surface area contributed by atoms with Gasteiger partial charge in [-0.3, -0.25) is 4.90 Å². The highest BCUT2D eigenvalue weighted by atomic mass is 19.1. The van der Waals surface area contributed by atoms with Crippen LogP contribution in [0.2, 0.25) is 0 Å². The molecule has 0 radical (unpaired) electrons. The molecule has 3 atom stereocenters. The minimum absolute atomic E-state index is 0.180. The van der Waals surface area contributed by atoms with Crippen LogP contribution in [0.4, 0.5) is 4.39 Å². The highest BCUT2D eigenvalue weighted by Gasteiger charge is 2.23. The van der Waals surface area contributed by atoms with Crippen molar-refractivity contribution in [3.8, 4) is 0 Å². The lowest BCUT2D eigenvalue weighted by Crippen LogP contribution is -2.48. The maximum Gasteiger partial charge on any atom is 0.128 e. The van der Waals surface area contributed by atoms with E-state index in [0.29, 0.717) is 12.1 Å². The van der Waals surface area contributed by atoms with Crippen LogP contribution in [0.1, 0.15) is 19.4 Å². The van der Waals surface area contributed by atoms with Crippen molar-refractivity contribution in [2.45, 2.75) is 38.8 Å². The van der Waals surface area contributed by atoms with Crippen LogP contribution in [0.5, 0.6) is 0 Å². The number of aliphatic hydroxyl groups excluding tert-OH is 1. The summed E-state index contributed by atoms with van der Waals surface area (Å²) in [4.78, 5) is 2.18. The molecule has 0 aliphatic carbocycles. The fraction of sp³-hybridized carbons (Fsp3) is 0.625. The summed E-state index contributed by atoms with van der Waals surface area (Å²) >= 11 is 0. The Bertz CT molecular complexity index is 433. The summed E-state index contributed by atoms with van der Waals surface area (Å²) in [5, 5.41) is 10.0. The summed E-state index contributed by atoms with van der Waals surface area (Å²) in [6.07, 6.45) is -0.213. The number of nitrogens with zero attached hydrogens (tertiary/aromatic N) is 1. The molecule has 1 fully saturated rings. The lowest BCUT2D eigenvalue weighted by atomic mass is 10.2. The number of benzene rings is 1. The quantitative estimate of drug-likeness (QED) is 0.869. The second kappa shape index (κ2) is 7.84. The summed E-state index contributed by atoms with van der Waals surface area (Å²) < 4.78 is 24.5. The average Bonchev–Trinajstić information content (AvgIpc) is 2.39. The third-order valence-electron chi connectivity index (χ3n) is 3.49. The summed E-state index contributed by atoms with van der Waals surface area (Å²) in [5.41, 5.74) is 0.512. The zero-order valence-corrected chi connectivity index (χ0v) is 12.7. The van der Waals surface area contributed by atoms with Gasteiger partial charge in [-0.2, -0.15) is 0 Å². The topological polar surface area (TPSA) is 41.9 Å². The number of hydrogen-bond acceptors (Lipinski definition) is 4. The zero-order valence-electron chi connectivity index (χ0n) is 12.7. The molecule has 0 saturated carbocycles. The van der Waals surface area contributed by atoms with Crippen molar-refractivity contribution < 1.29 is 19.0 Å². The van der Waals surface area contributed by atoms with Crippen molar-refractivity contribution in [2.24, 2.45) is 0 Å². The van der Waals surface area contributed by atoms with E-state index in [1.807, 2.05) is 13.8 Å². The lowest BCUT2D eigenvalue weighted by Gasteiger charge is -2.36. The van der Waals surface area contributed by atoms with E-state index < -0.39 is 6.10 Å². The molecule has 1 aliphatic heterocycles. The molecule has 0 unspecified atom stereocenters. The molecule has 1 heterocycles. The SMILES string of the molecule is C[C@@H]1CN(C[C@H](O)COCc2ccccc2F)C[C@H](C)O1. The second-order valence-electron chi connectivity index (χ2n) is 5.74. The summed E-state index contributed by atoms with van der Waals surface area (Å²) in [7, 11) is 0. The first-order valence-corrected chi connectivity index (χ1v) is 7.41. The van der Waals surface area contributed by atoms with Gasteiger partial charge in [0.15, 0.2) is 0 Å². The first-order valence-electron chi connectivity index (χ1n) is 7.41. The molecular formula is C16H24FNO3. The van der Waals surface area contributed by atoms with E-state index >= 15 is 0 Å². The van der Waals surface area contributed by atoms with Crippen LogP contribution in [0.15, 0.2) is 24.3 Å². The maximum atomic E-state index is 13.4. The first kappa shape index (κ1) is 16.4. The van der Waals surface area contributed by atoms with E-state index in [-0.39, 0.29) is 31.2 Å². The number of ether oxygens (including phenoxy) is 2. The molecule has 1 N–H and O–H groups in total. The fourth-order valence-electron chi connectivity index (χ4n) is 2.70. The highest BCUT2D eigenvalue weighted by Crippen LogP contribution is 2.11. The minimum Gasteiger partial charge on any atom is -0.389 e. The van der Waals surface area contributed by atoms with Crippen LogP contribution in [0, 0.1) is 5.82 Å². The van der Waals surface area contributed by atoms with Crippen LogP contribution in [-0.2, 0) is 16.1 Å². The molecule has 1 aromatic carbocycles. The predicted molar refractivity (Wildman–Crippen MR) is 78.5 cm³/mol. The van der Waals surface area contributed by atoms with Gasteiger partial charge in [0.2, 0.25) is 0 Å². The Hall–Kier alpha value is -1.01. The second-order valence-corrected chi connectivity index (χ2v) is 5.74. The third kappa shape index (κ3) is 5.36. The van der Waals surface area contributed by atoms with Crippen molar-refractivity contribution in [1.29, 1.82) is 0 Å². The third-order valence-corrected chi connectivity index (χ3v) is 3.49. The van der Waals surface area contributed by atoms with E-state index in [4.69, 9.17) is 9.47 Å². The van der Waals surface area contributed by atoms with E-state index in [0.717, 1.165) is 13.1 Å². The van der Waals surface area contributed by atoms with Crippen LogP contribution in [0.3, 0.4) is 0 Å². The Morgan fingerprint density at radius 3 is 2.67 bits per heavy atom. The molecule has 118 valence electrons.